The first-order valence-corrected chi connectivity index (χ1v) is 12.9. The number of hydrogen-bond acceptors (Lipinski definition) is 2. The highest BCUT2D eigenvalue weighted by molar-refractivity contribution is 5.60. The third kappa shape index (κ3) is 10.8. The first-order chi connectivity index (χ1) is 14.2. The van der Waals surface area contributed by atoms with E-state index in [0.717, 1.165) is 19.5 Å². The van der Waals surface area contributed by atoms with Crippen LogP contribution < -0.4 is 0 Å². The highest BCUT2D eigenvalue weighted by atomic mass is 16.3. The minimum Gasteiger partial charge on any atom is -0.345 e. The van der Waals surface area contributed by atoms with Gasteiger partial charge in [0.1, 0.15) is 6.54 Å². The minimum absolute atomic E-state index is 0.201. The Morgan fingerprint density at radius 3 is 1.86 bits per heavy atom. The molecule has 1 aliphatic rings. The van der Waals surface area contributed by atoms with Gasteiger partial charge >= 0.3 is 0 Å². The van der Waals surface area contributed by atoms with Crippen LogP contribution in [0, 0.1) is 0 Å². The molecule has 3 atom stereocenters. The van der Waals surface area contributed by atoms with E-state index in [0.29, 0.717) is 4.48 Å². The van der Waals surface area contributed by atoms with Gasteiger partial charge in [0.05, 0.1) is 12.8 Å². The maximum atomic E-state index is 10.2. The zero-order valence-electron chi connectivity index (χ0n) is 20.0. The first-order valence-electron chi connectivity index (χ1n) is 12.9. The highest BCUT2D eigenvalue weighted by Gasteiger charge is 2.41. The summed E-state index contributed by atoms with van der Waals surface area (Å²) in [5.41, 5.74) is 0. The minimum atomic E-state index is -0.341. The fourth-order valence-corrected chi connectivity index (χ4v) is 4.64. The van der Waals surface area contributed by atoms with Crippen LogP contribution in [0.15, 0.2) is 17.1 Å². The van der Waals surface area contributed by atoms with Crippen LogP contribution in [0.2, 0.25) is 0 Å². The van der Waals surface area contributed by atoms with Crippen molar-refractivity contribution < 1.29 is 9.59 Å². The molecule has 0 amide bonds. The number of rotatable bonds is 19. The van der Waals surface area contributed by atoms with Crippen molar-refractivity contribution in [3.63, 3.8) is 0 Å². The highest BCUT2D eigenvalue weighted by Crippen LogP contribution is 2.25. The van der Waals surface area contributed by atoms with Crippen LogP contribution in [0.5, 0.6) is 0 Å². The zero-order valence-corrected chi connectivity index (χ0v) is 20.0. The van der Waals surface area contributed by atoms with E-state index in [-0.39, 0.29) is 12.4 Å². The summed E-state index contributed by atoms with van der Waals surface area (Å²) in [5, 5.41) is 10.2. The summed E-state index contributed by atoms with van der Waals surface area (Å²) in [5.74, 6) is 0. The molecule has 0 saturated carbocycles. The standard InChI is InChI=1S/C26H51N2O/c1-4-6-7-8-9-10-11-12-13-14-15-16-17-18-19-20-21-22-26-27-23-24-28(26,5-2)25(3)29/h20-21,23,25-26,29H,4-19,22,24H2,1-3H3/q+1/b21-20+. The number of aliphatic imine (C=N–C) groups is 1. The van der Waals surface area contributed by atoms with E-state index in [1.165, 1.54) is 96.3 Å². The molecule has 3 nitrogen and oxygen atoms in total. The number of aliphatic hydroxyl groups excluding tert-OH is 1. The lowest BCUT2D eigenvalue weighted by Gasteiger charge is -2.39. The average molecular weight is 408 g/mol. The summed E-state index contributed by atoms with van der Waals surface area (Å²) < 4.78 is 0.698. The van der Waals surface area contributed by atoms with Gasteiger partial charge in [0, 0.05) is 13.3 Å². The average Bonchev–Trinajstić information content (AvgIpc) is 3.14. The lowest BCUT2D eigenvalue weighted by Crippen LogP contribution is -2.57. The lowest BCUT2D eigenvalue weighted by atomic mass is 10.0. The fraction of sp³-hybridized carbons (Fsp3) is 0.885. The Labute approximate surface area is 182 Å². The van der Waals surface area contributed by atoms with Crippen LogP contribution in [0.1, 0.15) is 124 Å². The molecule has 1 aliphatic heterocycles. The normalized spacial score (nSPS) is 22.7. The molecule has 0 aromatic carbocycles. The smallest absolute Gasteiger partial charge is 0.189 e. The molecule has 0 aromatic rings. The van der Waals surface area contributed by atoms with Gasteiger partial charge in [-0.2, -0.15) is 0 Å². The summed E-state index contributed by atoms with van der Waals surface area (Å²) in [4.78, 5) is 4.63. The number of quaternary nitrogens is 1. The Bertz CT molecular complexity index is 432. The number of allylic oxidation sites excluding steroid dienone is 1. The Kier molecular flexibility index (Phi) is 15.5. The molecular formula is C26H51N2O+. The van der Waals surface area contributed by atoms with Gasteiger partial charge in [0.2, 0.25) is 0 Å². The topological polar surface area (TPSA) is 32.6 Å². The molecule has 0 aliphatic carbocycles. The summed E-state index contributed by atoms with van der Waals surface area (Å²) in [6.45, 7) is 8.16. The molecule has 29 heavy (non-hydrogen) atoms. The van der Waals surface area contributed by atoms with Gasteiger partial charge in [0.25, 0.3) is 0 Å². The molecule has 1 heterocycles. The van der Waals surface area contributed by atoms with E-state index < -0.39 is 0 Å². The second-order valence-corrected chi connectivity index (χ2v) is 9.14. The van der Waals surface area contributed by atoms with Crippen LogP contribution in [0.3, 0.4) is 0 Å². The quantitative estimate of drug-likeness (QED) is 0.135. The zero-order chi connectivity index (χ0) is 21.2. The number of hydrogen-bond donors (Lipinski definition) is 1. The summed E-state index contributed by atoms with van der Waals surface area (Å²) in [6.07, 6.45) is 28.5. The molecule has 0 spiro atoms. The second kappa shape index (κ2) is 17.1. The molecule has 0 saturated heterocycles. The van der Waals surface area contributed by atoms with Crippen LogP contribution in [-0.2, 0) is 0 Å². The fourth-order valence-electron chi connectivity index (χ4n) is 4.64. The van der Waals surface area contributed by atoms with Crippen molar-refractivity contribution in [2.24, 2.45) is 4.99 Å². The largest absolute Gasteiger partial charge is 0.345 e. The van der Waals surface area contributed by atoms with E-state index in [1.54, 1.807) is 0 Å². The number of nitrogens with zero attached hydrogens (tertiary/aromatic N) is 2. The van der Waals surface area contributed by atoms with Gasteiger partial charge in [-0.15, -0.1) is 0 Å². The van der Waals surface area contributed by atoms with Crippen molar-refractivity contribution >= 4 is 6.21 Å². The van der Waals surface area contributed by atoms with Gasteiger partial charge in [-0.1, -0.05) is 103 Å². The molecule has 170 valence electrons. The van der Waals surface area contributed by atoms with Crippen molar-refractivity contribution in [2.45, 2.75) is 136 Å². The Morgan fingerprint density at radius 1 is 0.862 bits per heavy atom. The monoisotopic (exact) mass is 407 g/mol. The predicted octanol–water partition coefficient (Wildman–Crippen LogP) is 7.39. The van der Waals surface area contributed by atoms with E-state index in [1.807, 2.05) is 13.1 Å². The maximum absolute atomic E-state index is 10.2. The van der Waals surface area contributed by atoms with Crippen molar-refractivity contribution in [1.29, 1.82) is 0 Å². The van der Waals surface area contributed by atoms with E-state index in [2.05, 4.69) is 31.0 Å². The lowest BCUT2D eigenvalue weighted by molar-refractivity contribution is -0.976. The first kappa shape index (κ1) is 26.4. The van der Waals surface area contributed by atoms with E-state index in [4.69, 9.17) is 0 Å². The third-order valence-electron chi connectivity index (χ3n) is 6.86. The van der Waals surface area contributed by atoms with Crippen LogP contribution in [-0.4, -0.2) is 41.3 Å². The van der Waals surface area contributed by atoms with Crippen molar-refractivity contribution in [3.05, 3.63) is 12.2 Å². The molecule has 1 rings (SSSR count). The SMILES string of the molecule is CCCCCCCCCCCCCCCC/C=C/CC1N=CC[N+]1(CC)C(C)O. The number of aliphatic hydroxyl groups is 1. The van der Waals surface area contributed by atoms with Crippen LogP contribution in [0.25, 0.3) is 0 Å². The molecule has 1 N–H and O–H groups in total. The summed E-state index contributed by atoms with van der Waals surface area (Å²) in [7, 11) is 0. The molecular weight excluding hydrogens is 356 g/mol. The van der Waals surface area contributed by atoms with Crippen molar-refractivity contribution in [2.75, 3.05) is 13.1 Å². The van der Waals surface area contributed by atoms with E-state index in [9.17, 15) is 5.11 Å². The Balaban J connectivity index is 1.90. The Morgan fingerprint density at radius 2 is 1.38 bits per heavy atom. The molecule has 0 radical (unpaired) electrons. The molecule has 0 fully saturated rings. The van der Waals surface area contributed by atoms with Crippen LogP contribution in [0.4, 0.5) is 0 Å². The number of unbranched alkanes of at least 4 members (excludes halogenated alkanes) is 14. The predicted molar refractivity (Wildman–Crippen MR) is 128 cm³/mol. The van der Waals surface area contributed by atoms with Gasteiger partial charge < -0.3 is 5.11 Å². The Hall–Kier alpha value is -0.670. The van der Waals surface area contributed by atoms with Crippen molar-refractivity contribution in [1.82, 2.24) is 0 Å². The second-order valence-electron chi connectivity index (χ2n) is 9.14. The molecule has 3 heteroatoms. The summed E-state index contributed by atoms with van der Waals surface area (Å²) in [6, 6.07) is 0. The van der Waals surface area contributed by atoms with Crippen LogP contribution >= 0.6 is 0 Å². The van der Waals surface area contributed by atoms with Gasteiger partial charge in [-0.3, -0.25) is 4.48 Å². The maximum Gasteiger partial charge on any atom is 0.189 e. The summed E-state index contributed by atoms with van der Waals surface area (Å²) >= 11 is 0. The molecule has 3 unspecified atom stereocenters. The van der Waals surface area contributed by atoms with Crippen molar-refractivity contribution in [3.8, 4) is 0 Å². The van der Waals surface area contributed by atoms with Gasteiger partial charge in [-0.05, 0) is 19.8 Å². The third-order valence-corrected chi connectivity index (χ3v) is 6.86. The van der Waals surface area contributed by atoms with Gasteiger partial charge in [0.15, 0.2) is 12.4 Å². The molecule has 0 bridgehead atoms. The van der Waals surface area contributed by atoms with Gasteiger partial charge in [-0.25, -0.2) is 4.99 Å². The van der Waals surface area contributed by atoms with E-state index >= 15 is 0 Å². The molecule has 0 aromatic heterocycles.